The Kier molecular flexibility index (Phi) is 6.92. The number of hydrogen-bond acceptors (Lipinski definition) is 4. The molecule has 1 aromatic heterocycles. The number of hydrogen-bond donors (Lipinski definition) is 0. The average Bonchev–Trinajstić information content (AvgIpc) is 3.22. The highest BCUT2D eigenvalue weighted by molar-refractivity contribution is 6.31. The second-order valence-corrected chi connectivity index (χ2v) is 16.2. The van der Waals surface area contributed by atoms with Gasteiger partial charge in [-0.05, 0) is 129 Å². The van der Waals surface area contributed by atoms with Gasteiger partial charge in [0.15, 0.2) is 17.5 Å². The van der Waals surface area contributed by atoms with Crippen LogP contribution in [-0.2, 0) is 5.41 Å². The molecule has 1 heterocycles. The highest BCUT2D eigenvalue weighted by atomic mass is 15.0. The van der Waals surface area contributed by atoms with Crippen molar-refractivity contribution in [3.8, 4) is 51.4 Å². The molecule has 0 saturated heterocycles. The van der Waals surface area contributed by atoms with Gasteiger partial charge in [-0.1, -0.05) is 116 Å². The summed E-state index contributed by atoms with van der Waals surface area (Å²) in [6.45, 7) is 2.53. The van der Waals surface area contributed by atoms with Crippen LogP contribution in [0.25, 0.3) is 77.6 Å². The van der Waals surface area contributed by atoms with Crippen molar-refractivity contribution < 1.29 is 0 Å². The Labute approximate surface area is 315 Å². The number of nitrogens with zero attached hydrogens (tertiary/aromatic N) is 4. The molecule has 0 N–H and O–H groups in total. The number of rotatable bonds is 5. The quantitative estimate of drug-likeness (QED) is 0.168. The summed E-state index contributed by atoms with van der Waals surface area (Å²) in [4.78, 5) is 15.4. The van der Waals surface area contributed by atoms with Crippen LogP contribution in [0, 0.1) is 35.0 Å². The van der Waals surface area contributed by atoms with Crippen LogP contribution in [0.15, 0.2) is 140 Å². The molecule has 2 atom stereocenters. The molecular weight excluding hydrogens is 657 g/mol. The molecule has 7 aromatic carbocycles. The lowest BCUT2D eigenvalue weighted by Gasteiger charge is -2.65. The zero-order valence-corrected chi connectivity index (χ0v) is 30.2. The van der Waals surface area contributed by atoms with Gasteiger partial charge in [0.25, 0.3) is 0 Å². The van der Waals surface area contributed by atoms with Gasteiger partial charge in [0.1, 0.15) is 0 Å². The summed E-state index contributed by atoms with van der Waals surface area (Å²) in [5.74, 6) is 5.73. The van der Waals surface area contributed by atoms with Crippen molar-refractivity contribution in [2.75, 3.05) is 0 Å². The summed E-state index contributed by atoms with van der Waals surface area (Å²) in [6, 6.07) is 51.4. The van der Waals surface area contributed by atoms with Crippen LogP contribution in [0.5, 0.6) is 0 Å². The molecule has 11 rings (SSSR count). The fraction of sp³-hybridized carbons (Fsp3) is 0.200. The minimum Gasteiger partial charge on any atom is -0.208 e. The van der Waals surface area contributed by atoms with Crippen LogP contribution in [0.3, 0.4) is 0 Å². The third-order valence-electron chi connectivity index (χ3n) is 13.2. The fourth-order valence-corrected chi connectivity index (χ4v) is 10.7. The van der Waals surface area contributed by atoms with Crippen LogP contribution in [0.4, 0.5) is 0 Å². The maximum atomic E-state index is 9.48. The minimum atomic E-state index is 0.256. The Morgan fingerprint density at radius 2 is 1.00 bits per heavy atom. The first-order valence-corrected chi connectivity index (χ1v) is 19.3. The van der Waals surface area contributed by atoms with E-state index in [2.05, 4.69) is 97.9 Å². The van der Waals surface area contributed by atoms with E-state index in [0.717, 1.165) is 45.7 Å². The Morgan fingerprint density at radius 1 is 0.500 bits per heavy atom. The summed E-state index contributed by atoms with van der Waals surface area (Å²) in [7, 11) is 0. The first-order chi connectivity index (χ1) is 26.5. The van der Waals surface area contributed by atoms with Crippen molar-refractivity contribution in [1.82, 2.24) is 15.0 Å². The van der Waals surface area contributed by atoms with E-state index in [4.69, 9.17) is 15.0 Å². The third-order valence-corrected chi connectivity index (χ3v) is 13.2. The van der Waals surface area contributed by atoms with Crippen molar-refractivity contribution in [2.45, 2.75) is 38.0 Å². The van der Waals surface area contributed by atoms with Gasteiger partial charge in [-0.25, -0.2) is 15.0 Å². The summed E-state index contributed by atoms with van der Waals surface area (Å²) in [6.07, 6.45) is 5.58. The lowest BCUT2D eigenvalue weighted by atomic mass is 9.39. The molecule has 4 nitrogen and oxygen atoms in total. The van der Waals surface area contributed by atoms with Crippen LogP contribution in [0.2, 0.25) is 0 Å². The summed E-state index contributed by atoms with van der Waals surface area (Å²) >= 11 is 0. The zero-order chi connectivity index (χ0) is 36.0. The van der Waals surface area contributed by atoms with Gasteiger partial charge in [-0.3, -0.25) is 0 Å². The van der Waals surface area contributed by atoms with Crippen molar-refractivity contribution in [1.29, 1.82) is 5.26 Å². The van der Waals surface area contributed by atoms with Gasteiger partial charge in [0.05, 0.1) is 11.6 Å². The van der Waals surface area contributed by atoms with E-state index in [1.165, 1.54) is 69.3 Å². The molecule has 3 aliphatic rings. The van der Waals surface area contributed by atoms with Crippen molar-refractivity contribution in [3.05, 3.63) is 151 Å². The van der Waals surface area contributed by atoms with E-state index in [-0.39, 0.29) is 5.41 Å². The number of nitriles is 1. The SMILES string of the molecule is CC1(c2ccc(-c3ccc(-c4nc(-c5ccccc5)nc(-c5ccc(C#N)cc5)n4)c4c5ccccc5c5ccccc5c34)cc2)C[C@H]2CC3C[C@H](C1)C32. The number of benzene rings is 7. The molecule has 0 radical (unpaired) electrons. The first-order valence-electron chi connectivity index (χ1n) is 19.3. The van der Waals surface area contributed by atoms with Gasteiger partial charge >= 0.3 is 0 Å². The van der Waals surface area contributed by atoms with Gasteiger partial charge < -0.3 is 0 Å². The standard InChI is InChI=1S/C50H38N4/c1-50(27-35-25-34-26-36(28-50)44(34)35)37-21-19-31(20-22-37)38-23-24-43(46-42-14-8-6-12-40(42)39-11-5-7-13-41(39)45(38)46)49-53-47(32-9-3-2-4-10-32)52-48(54-49)33-17-15-30(29-51)16-18-33/h2-24,34-36,44H,25-28H2,1H3/t34?,35-,36-,44?,50?/m1/s1. The van der Waals surface area contributed by atoms with Crippen LogP contribution >= 0.6 is 0 Å². The lowest BCUT2D eigenvalue weighted by molar-refractivity contribution is -0.141. The Morgan fingerprint density at radius 3 is 1.59 bits per heavy atom. The van der Waals surface area contributed by atoms with Crippen LogP contribution in [-0.4, -0.2) is 15.0 Å². The van der Waals surface area contributed by atoms with E-state index in [1.54, 1.807) is 0 Å². The molecule has 0 amide bonds. The monoisotopic (exact) mass is 694 g/mol. The van der Waals surface area contributed by atoms with E-state index < -0.39 is 0 Å². The molecule has 8 aromatic rings. The lowest BCUT2D eigenvalue weighted by Crippen LogP contribution is -2.58. The molecular formula is C50H38N4. The average molecular weight is 695 g/mol. The maximum absolute atomic E-state index is 9.48. The van der Waals surface area contributed by atoms with Crippen LogP contribution < -0.4 is 0 Å². The topological polar surface area (TPSA) is 62.5 Å². The molecule has 0 bridgehead atoms. The summed E-state index contributed by atoms with van der Waals surface area (Å²) in [5, 5.41) is 16.6. The Bertz CT molecular complexity index is 2800. The largest absolute Gasteiger partial charge is 0.208 e. The van der Waals surface area contributed by atoms with E-state index >= 15 is 0 Å². The summed E-state index contributed by atoms with van der Waals surface area (Å²) in [5.41, 5.74) is 7.50. The van der Waals surface area contributed by atoms with E-state index in [9.17, 15) is 5.26 Å². The smallest absolute Gasteiger partial charge is 0.164 e. The Hall–Kier alpha value is -6.18. The first kappa shape index (κ1) is 31.4. The molecule has 258 valence electrons. The van der Waals surface area contributed by atoms with Crippen molar-refractivity contribution in [3.63, 3.8) is 0 Å². The number of fused-ring (bicyclic) bond motifs is 6. The van der Waals surface area contributed by atoms with Crippen molar-refractivity contribution in [2.24, 2.45) is 23.7 Å². The third kappa shape index (κ3) is 4.78. The molecule has 3 saturated carbocycles. The van der Waals surface area contributed by atoms with Gasteiger partial charge in [0, 0.05) is 22.1 Å². The zero-order valence-electron chi connectivity index (χ0n) is 30.2. The predicted octanol–water partition coefficient (Wildman–Crippen LogP) is 12.2. The molecule has 0 aliphatic heterocycles. The van der Waals surface area contributed by atoms with Gasteiger partial charge in [-0.2, -0.15) is 5.26 Å². The fourth-order valence-electron chi connectivity index (χ4n) is 10.7. The minimum absolute atomic E-state index is 0.256. The predicted molar refractivity (Wildman–Crippen MR) is 219 cm³/mol. The van der Waals surface area contributed by atoms with E-state index in [0.29, 0.717) is 23.0 Å². The summed E-state index contributed by atoms with van der Waals surface area (Å²) < 4.78 is 0. The highest BCUT2D eigenvalue weighted by Gasteiger charge is 2.59. The molecule has 0 spiro atoms. The Balaban J connectivity index is 1.13. The van der Waals surface area contributed by atoms with E-state index in [1.807, 2.05) is 54.6 Å². The second kappa shape index (κ2) is 11.9. The second-order valence-electron chi connectivity index (χ2n) is 16.2. The van der Waals surface area contributed by atoms with Gasteiger partial charge in [-0.15, -0.1) is 0 Å². The molecule has 0 unspecified atom stereocenters. The molecule has 4 heteroatoms. The molecule has 3 fully saturated rings. The maximum Gasteiger partial charge on any atom is 0.164 e. The number of aromatic nitrogens is 3. The van der Waals surface area contributed by atoms with Crippen molar-refractivity contribution >= 4 is 32.3 Å². The highest BCUT2D eigenvalue weighted by Crippen LogP contribution is 2.67. The molecule has 54 heavy (non-hydrogen) atoms. The van der Waals surface area contributed by atoms with Gasteiger partial charge in [0.2, 0.25) is 0 Å². The van der Waals surface area contributed by atoms with Crippen LogP contribution in [0.1, 0.15) is 43.7 Å². The normalized spacial score (nSPS) is 22.7. The molecule has 3 aliphatic carbocycles.